The highest BCUT2D eigenvalue weighted by Crippen LogP contribution is 2.33. The molecule has 27 heavy (non-hydrogen) atoms. The van der Waals surface area contributed by atoms with Gasteiger partial charge in [0.25, 0.3) is 0 Å². The maximum absolute atomic E-state index is 12.8. The molecule has 0 atom stereocenters. The van der Waals surface area contributed by atoms with E-state index in [4.69, 9.17) is 23.2 Å². The molecule has 0 bridgehead atoms. The standard InChI is InChI=1S/C18H18Cl2N4O2S/c1-12-7-16(19)13(2)18(17(12)20)27(25,26)23-8-14-3-5-15(6-4-14)9-24-11-21-10-22-24/h3-7,10-11,23H,8-9H2,1-2H3. The first-order valence-electron chi connectivity index (χ1n) is 8.13. The number of aromatic nitrogens is 3. The third-order valence-corrected chi connectivity index (χ3v) is 6.72. The van der Waals surface area contributed by atoms with Gasteiger partial charge in [-0.3, -0.25) is 0 Å². The number of rotatable bonds is 6. The summed E-state index contributed by atoms with van der Waals surface area (Å²) in [4.78, 5) is 3.93. The zero-order chi connectivity index (χ0) is 19.6. The number of benzene rings is 2. The van der Waals surface area contributed by atoms with Crippen molar-refractivity contribution in [1.29, 1.82) is 0 Å². The van der Waals surface area contributed by atoms with Crippen molar-refractivity contribution in [2.24, 2.45) is 0 Å². The Morgan fingerprint density at radius 2 is 1.78 bits per heavy atom. The van der Waals surface area contributed by atoms with E-state index in [2.05, 4.69) is 14.8 Å². The van der Waals surface area contributed by atoms with E-state index in [1.54, 1.807) is 30.9 Å². The van der Waals surface area contributed by atoms with Gasteiger partial charge >= 0.3 is 0 Å². The average Bonchev–Trinajstić information content (AvgIpc) is 3.12. The number of sulfonamides is 1. The summed E-state index contributed by atoms with van der Waals surface area (Å²) in [5.41, 5.74) is 2.91. The molecule has 3 rings (SSSR count). The Hall–Kier alpha value is -1.93. The second-order valence-corrected chi connectivity index (χ2v) is 8.67. The second-order valence-electron chi connectivity index (χ2n) is 6.18. The van der Waals surface area contributed by atoms with Crippen molar-refractivity contribution >= 4 is 33.2 Å². The number of hydrogen-bond donors (Lipinski definition) is 1. The molecule has 0 aliphatic heterocycles. The molecule has 3 aromatic rings. The van der Waals surface area contributed by atoms with Crippen LogP contribution in [0.25, 0.3) is 0 Å². The Balaban J connectivity index is 1.74. The van der Waals surface area contributed by atoms with Crippen molar-refractivity contribution < 1.29 is 8.42 Å². The van der Waals surface area contributed by atoms with Gasteiger partial charge in [-0.1, -0.05) is 47.5 Å². The van der Waals surface area contributed by atoms with Crippen LogP contribution in [-0.4, -0.2) is 23.2 Å². The highest BCUT2D eigenvalue weighted by molar-refractivity contribution is 7.89. The molecule has 1 N–H and O–H groups in total. The first-order chi connectivity index (χ1) is 12.8. The maximum atomic E-state index is 12.8. The van der Waals surface area contributed by atoms with Crippen LogP contribution < -0.4 is 4.72 Å². The molecule has 142 valence electrons. The van der Waals surface area contributed by atoms with Crippen molar-refractivity contribution in [1.82, 2.24) is 19.5 Å². The Labute approximate surface area is 168 Å². The van der Waals surface area contributed by atoms with Gasteiger partial charge in [0.1, 0.15) is 17.6 Å². The third-order valence-electron chi connectivity index (χ3n) is 4.16. The summed E-state index contributed by atoms with van der Waals surface area (Å²) in [6.45, 7) is 4.11. The lowest BCUT2D eigenvalue weighted by Gasteiger charge is -2.14. The molecule has 0 saturated heterocycles. The van der Waals surface area contributed by atoms with Crippen molar-refractivity contribution in [2.75, 3.05) is 0 Å². The lowest BCUT2D eigenvalue weighted by atomic mass is 10.1. The van der Waals surface area contributed by atoms with Crippen LogP contribution >= 0.6 is 23.2 Å². The minimum atomic E-state index is -3.80. The number of halogens is 2. The molecule has 0 radical (unpaired) electrons. The second kappa shape index (κ2) is 7.98. The smallest absolute Gasteiger partial charge is 0.242 e. The Morgan fingerprint density at radius 3 is 2.41 bits per heavy atom. The monoisotopic (exact) mass is 424 g/mol. The van der Waals surface area contributed by atoms with Crippen molar-refractivity contribution in [3.63, 3.8) is 0 Å². The first-order valence-corrected chi connectivity index (χ1v) is 10.4. The van der Waals surface area contributed by atoms with Gasteiger partial charge in [0, 0.05) is 11.6 Å². The molecule has 0 unspecified atom stereocenters. The predicted molar refractivity (Wildman–Crippen MR) is 106 cm³/mol. The third kappa shape index (κ3) is 4.50. The highest BCUT2D eigenvalue weighted by Gasteiger charge is 2.23. The fourth-order valence-electron chi connectivity index (χ4n) is 2.65. The highest BCUT2D eigenvalue weighted by atomic mass is 35.5. The number of nitrogens with zero attached hydrogens (tertiary/aromatic N) is 3. The summed E-state index contributed by atoms with van der Waals surface area (Å²) in [6, 6.07) is 9.24. The largest absolute Gasteiger partial charge is 0.249 e. The van der Waals surface area contributed by atoms with Crippen molar-refractivity contribution in [2.45, 2.75) is 31.8 Å². The fraction of sp³-hybridized carbons (Fsp3) is 0.222. The van der Waals surface area contributed by atoms with Crippen LogP contribution in [0.4, 0.5) is 0 Å². The fourth-order valence-corrected chi connectivity index (χ4v) is 4.87. The molecule has 0 fully saturated rings. The van der Waals surface area contributed by atoms with Gasteiger partial charge in [0.2, 0.25) is 10.0 Å². The summed E-state index contributed by atoms with van der Waals surface area (Å²) in [5, 5.41) is 4.62. The molecule has 6 nitrogen and oxygen atoms in total. The van der Waals surface area contributed by atoms with Crippen LogP contribution in [0, 0.1) is 13.8 Å². The molecule has 0 saturated carbocycles. The average molecular weight is 425 g/mol. The molecule has 0 aliphatic carbocycles. The van der Waals surface area contributed by atoms with E-state index < -0.39 is 10.0 Å². The van der Waals surface area contributed by atoms with Gasteiger partial charge in [-0.25, -0.2) is 22.8 Å². The van der Waals surface area contributed by atoms with E-state index in [0.29, 0.717) is 22.7 Å². The van der Waals surface area contributed by atoms with Gasteiger partial charge < -0.3 is 0 Å². The van der Waals surface area contributed by atoms with Gasteiger partial charge in [0.05, 0.1) is 11.6 Å². The van der Waals surface area contributed by atoms with E-state index in [-0.39, 0.29) is 16.5 Å². The van der Waals surface area contributed by atoms with Crippen LogP contribution in [0.3, 0.4) is 0 Å². The summed E-state index contributed by atoms with van der Waals surface area (Å²) in [7, 11) is -3.80. The predicted octanol–water partition coefficient (Wildman–Crippen LogP) is 3.73. The van der Waals surface area contributed by atoms with E-state index in [0.717, 1.165) is 11.1 Å². The minimum Gasteiger partial charge on any atom is -0.249 e. The van der Waals surface area contributed by atoms with Crippen LogP contribution in [-0.2, 0) is 23.1 Å². The molecule has 0 spiro atoms. The van der Waals surface area contributed by atoms with Gasteiger partial charge in [-0.05, 0) is 42.2 Å². The van der Waals surface area contributed by atoms with Crippen LogP contribution in [0.2, 0.25) is 10.0 Å². The van der Waals surface area contributed by atoms with Crippen LogP contribution in [0.5, 0.6) is 0 Å². The van der Waals surface area contributed by atoms with Crippen LogP contribution in [0.15, 0.2) is 47.9 Å². The van der Waals surface area contributed by atoms with Gasteiger partial charge in [-0.15, -0.1) is 0 Å². The molecule has 0 aliphatic rings. The zero-order valence-corrected chi connectivity index (χ0v) is 17.1. The van der Waals surface area contributed by atoms with E-state index in [1.165, 1.54) is 6.33 Å². The first kappa shape index (κ1) is 19.8. The normalized spacial score (nSPS) is 11.7. The van der Waals surface area contributed by atoms with E-state index in [1.807, 2.05) is 24.3 Å². The summed E-state index contributed by atoms with van der Waals surface area (Å²) < 4.78 is 29.8. The lowest BCUT2D eigenvalue weighted by molar-refractivity contribution is 0.580. The van der Waals surface area contributed by atoms with Crippen LogP contribution in [0.1, 0.15) is 22.3 Å². The number of nitrogens with one attached hydrogen (secondary N) is 1. The van der Waals surface area contributed by atoms with E-state index in [9.17, 15) is 8.42 Å². The van der Waals surface area contributed by atoms with Crippen molar-refractivity contribution in [3.05, 3.63) is 75.3 Å². The quantitative estimate of drug-likeness (QED) is 0.653. The SMILES string of the molecule is Cc1cc(Cl)c(C)c(S(=O)(=O)NCc2ccc(Cn3cncn3)cc2)c1Cl. The summed E-state index contributed by atoms with van der Waals surface area (Å²) in [5.74, 6) is 0. The van der Waals surface area contributed by atoms with Gasteiger partial charge in [0.15, 0.2) is 0 Å². The minimum absolute atomic E-state index is 0.0250. The molecular weight excluding hydrogens is 407 g/mol. The number of aryl methyl sites for hydroxylation is 1. The summed E-state index contributed by atoms with van der Waals surface area (Å²) in [6.07, 6.45) is 3.12. The molecule has 0 amide bonds. The molecular formula is C18H18Cl2N4O2S. The lowest BCUT2D eigenvalue weighted by Crippen LogP contribution is -2.24. The molecule has 2 aromatic carbocycles. The number of hydrogen-bond acceptors (Lipinski definition) is 4. The van der Waals surface area contributed by atoms with Gasteiger partial charge in [-0.2, -0.15) is 5.10 Å². The van der Waals surface area contributed by atoms with Crippen molar-refractivity contribution in [3.8, 4) is 0 Å². The van der Waals surface area contributed by atoms with E-state index >= 15 is 0 Å². The Kier molecular flexibility index (Phi) is 5.86. The Morgan fingerprint density at radius 1 is 1.11 bits per heavy atom. The molecule has 1 aromatic heterocycles. The molecule has 9 heteroatoms. The maximum Gasteiger partial charge on any atom is 0.242 e. The zero-order valence-electron chi connectivity index (χ0n) is 14.8. The Bertz CT molecular complexity index is 1020. The topological polar surface area (TPSA) is 76.9 Å². The summed E-state index contributed by atoms with van der Waals surface area (Å²) >= 11 is 12.4. The molecule has 1 heterocycles.